The SMILES string of the molecule is CC(C)CC1CCN(C(=NCC(=O)N(C)C)NC(C)C)C1.I. The minimum absolute atomic E-state index is 0. The van der Waals surface area contributed by atoms with Gasteiger partial charge in [0.15, 0.2) is 5.96 Å². The lowest BCUT2D eigenvalue weighted by Gasteiger charge is -2.24. The number of hydrogen-bond acceptors (Lipinski definition) is 2. The molecule has 1 saturated heterocycles. The number of guanidine groups is 1. The van der Waals surface area contributed by atoms with Gasteiger partial charge in [-0.3, -0.25) is 4.79 Å². The number of nitrogens with one attached hydrogen (secondary N) is 1. The molecule has 1 fully saturated rings. The number of nitrogens with zero attached hydrogens (tertiary/aromatic N) is 3. The van der Waals surface area contributed by atoms with E-state index in [1.807, 2.05) is 0 Å². The maximum Gasteiger partial charge on any atom is 0.243 e. The highest BCUT2D eigenvalue weighted by Crippen LogP contribution is 2.23. The number of rotatable bonds is 5. The van der Waals surface area contributed by atoms with E-state index in [-0.39, 0.29) is 36.4 Å². The van der Waals surface area contributed by atoms with Crippen LogP contribution >= 0.6 is 24.0 Å². The van der Waals surface area contributed by atoms with Crippen LogP contribution in [0.4, 0.5) is 0 Å². The Labute approximate surface area is 152 Å². The van der Waals surface area contributed by atoms with Gasteiger partial charge in [0.25, 0.3) is 0 Å². The topological polar surface area (TPSA) is 47.9 Å². The van der Waals surface area contributed by atoms with Gasteiger partial charge in [-0.05, 0) is 38.5 Å². The van der Waals surface area contributed by atoms with Crippen molar-refractivity contribution in [3.05, 3.63) is 0 Å². The largest absolute Gasteiger partial charge is 0.354 e. The van der Waals surface area contributed by atoms with Crippen LogP contribution < -0.4 is 5.32 Å². The molecule has 22 heavy (non-hydrogen) atoms. The molecule has 1 N–H and O–H groups in total. The highest BCUT2D eigenvalue weighted by molar-refractivity contribution is 14.0. The molecule has 1 unspecified atom stereocenters. The molecule has 6 heteroatoms. The fraction of sp³-hybridized carbons (Fsp3) is 0.875. The summed E-state index contributed by atoms with van der Waals surface area (Å²) >= 11 is 0. The van der Waals surface area contributed by atoms with Crippen LogP contribution in [0.5, 0.6) is 0 Å². The van der Waals surface area contributed by atoms with E-state index >= 15 is 0 Å². The van der Waals surface area contributed by atoms with Crippen molar-refractivity contribution in [3.8, 4) is 0 Å². The van der Waals surface area contributed by atoms with Crippen molar-refractivity contribution in [2.45, 2.75) is 46.6 Å². The van der Waals surface area contributed by atoms with Gasteiger partial charge in [-0.25, -0.2) is 4.99 Å². The van der Waals surface area contributed by atoms with Crippen LogP contribution in [0.2, 0.25) is 0 Å². The number of likely N-dealkylation sites (tertiary alicyclic amines) is 1. The van der Waals surface area contributed by atoms with Gasteiger partial charge in [0.05, 0.1) is 0 Å². The molecule has 1 atom stereocenters. The number of amides is 1. The number of carbonyl (C=O) groups excluding carboxylic acids is 1. The molecule has 0 aromatic rings. The summed E-state index contributed by atoms with van der Waals surface area (Å²) in [4.78, 5) is 20.1. The molecule has 1 aliphatic heterocycles. The van der Waals surface area contributed by atoms with Gasteiger partial charge < -0.3 is 15.1 Å². The minimum Gasteiger partial charge on any atom is -0.354 e. The highest BCUT2D eigenvalue weighted by atomic mass is 127. The first-order chi connectivity index (χ1) is 9.79. The average molecular weight is 424 g/mol. The van der Waals surface area contributed by atoms with Crippen LogP contribution in [0.15, 0.2) is 4.99 Å². The first kappa shape index (κ1) is 21.5. The van der Waals surface area contributed by atoms with Crippen molar-refractivity contribution >= 4 is 35.8 Å². The van der Waals surface area contributed by atoms with Gasteiger partial charge in [-0.15, -0.1) is 24.0 Å². The summed E-state index contributed by atoms with van der Waals surface area (Å²) in [6, 6.07) is 0.322. The zero-order valence-electron chi connectivity index (χ0n) is 14.9. The third-order valence-corrected chi connectivity index (χ3v) is 3.67. The molecule has 0 aromatic heterocycles. The van der Waals surface area contributed by atoms with E-state index < -0.39 is 0 Å². The van der Waals surface area contributed by atoms with Crippen LogP contribution in [-0.2, 0) is 4.79 Å². The summed E-state index contributed by atoms with van der Waals surface area (Å²) in [5.74, 6) is 2.40. The molecule has 130 valence electrons. The van der Waals surface area contributed by atoms with Gasteiger partial charge in [-0.2, -0.15) is 0 Å². The Kier molecular flexibility index (Phi) is 10.0. The van der Waals surface area contributed by atoms with Crippen molar-refractivity contribution in [1.29, 1.82) is 0 Å². The van der Waals surface area contributed by atoms with Gasteiger partial charge >= 0.3 is 0 Å². The second-order valence-corrected chi connectivity index (χ2v) is 6.96. The number of carbonyl (C=O) groups is 1. The summed E-state index contributed by atoms with van der Waals surface area (Å²) in [6.45, 7) is 11.1. The van der Waals surface area contributed by atoms with Gasteiger partial charge in [0.2, 0.25) is 5.91 Å². The molecule has 5 nitrogen and oxygen atoms in total. The monoisotopic (exact) mass is 424 g/mol. The zero-order valence-corrected chi connectivity index (χ0v) is 17.3. The van der Waals surface area contributed by atoms with E-state index in [4.69, 9.17) is 0 Å². The standard InChI is InChI=1S/C16H32N4O.HI/c1-12(2)9-14-7-8-20(11-14)16(18-13(3)4)17-10-15(21)19(5)6;/h12-14H,7-11H2,1-6H3,(H,17,18);1H. The second kappa shape index (κ2) is 10.3. The van der Waals surface area contributed by atoms with E-state index in [2.05, 4.69) is 42.9 Å². The van der Waals surface area contributed by atoms with E-state index in [9.17, 15) is 4.79 Å². The van der Waals surface area contributed by atoms with Gasteiger partial charge in [0.1, 0.15) is 6.54 Å². The highest BCUT2D eigenvalue weighted by Gasteiger charge is 2.25. The molecule has 0 aliphatic carbocycles. The number of likely N-dealkylation sites (N-methyl/N-ethyl adjacent to an activating group) is 1. The molecular formula is C16H33IN4O. The molecule has 1 amide bonds. The summed E-state index contributed by atoms with van der Waals surface area (Å²) in [5.41, 5.74) is 0. The van der Waals surface area contributed by atoms with Crippen molar-refractivity contribution in [1.82, 2.24) is 15.1 Å². The molecule has 1 aliphatic rings. The molecular weight excluding hydrogens is 391 g/mol. The van der Waals surface area contributed by atoms with Crippen molar-refractivity contribution in [2.24, 2.45) is 16.8 Å². The average Bonchev–Trinajstić information content (AvgIpc) is 2.80. The number of halogens is 1. The quantitative estimate of drug-likeness (QED) is 0.419. The van der Waals surface area contributed by atoms with Crippen molar-refractivity contribution in [2.75, 3.05) is 33.7 Å². The molecule has 1 heterocycles. The van der Waals surface area contributed by atoms with E-state index in [1.54, 1.807) is 19.0 Å². The van der Waals surface area contributed by atoms with Crippen LogP contribution in [0, 0.1) is 11.8 Å². The Hall–Kier alpha value is -0.530. The predicted octanol–water partition coefficient (Wildman–Crippen LogP) is 2.41. The summed E-state index contributed by atoms with van der Waals surface area (Å²) in [6.07, 6.45) is 2.49. The first-order valence-corrected chi connectivity index (χ1v) is 8.05. The van der Waals surface area contributed by atoms with Crippen LogP contribution in [0.3, 0.4) is 0 Å². The van der Waals surface area contributed by atoms with E-state index in [0.29, 0.717) is 6.04 Å². The summed E-state index contributed by atoms with van der Waals surface area (Å²) < 4.78 is 0. The normalized spacial score (nSPS) is 18.6. The Balaban J connectivity index is 0.00000441. The molecule has 0 radical (unpaired) electrons. The first-order valence-electron chi connectivity index (χ1n) is 8.05. The molecule has 1 rings (SSSR count). The lowest BCUT2D eigenvalue weighted by atomic mass is 9.97. The maximum atomic E-state index is 11.7. The third kappa shape index (κ3) is 7.65. The second-order valence-electron chi connectivity index (χ2n) is 6.96. The third-order valence-electron chi connectivity index (χ3n) is 3.67. The summed E-state index contributed by atoms with van der Waals surface area (Å²) in [7, 11) is 3.53. The molecule has 0 saturated carbocycles. The Morgan fingerprint density at radius 3 is 2.45 bits per heavy atom. The number of hydrogen-bond donors (Lipinski definition) is 1. The van der Waals surface area contributed by atoms with Crippen molar-refractivity contribution < 1.29 is 4.79 Å². The predicted molar refractivity (Wildman–Crippen MR) is 104 cm³/mol. The Bertz CT molecular complexity index is 369. The Morgan fingerprint density at radius 1 is 1.32 bits per heavy atom. The molecule has 0 bridgehead atoms. The molecule has 0 aromatic carbocycles. The van der Waals surface area contributed by atoms with Crippen molar-refractivity contribution in [3.63, 3.8) is 0 Å². The fourth-order valence-electron chi connectivity index (χ4n) is 2.66. The summed E-state index contributed by atoms with van der Waals surface area (Å²) in [5, 5.41) is 3.40. The lowest BCUT2D eigenvalue weighted by Crippen LogP contribution is -2.44. The van der Waals surface area contributed by atoms with E-state index in [1.165, 1.54) is 12.8 Å². The zero-order chi connectivity index (χ0) is 16.0. The van der Waals surface area contributed by atoms with E-state index in [0.717, 1.165) is 30.9 Å². The lowest BCUT2D eigenvalue weighted by molar-refractivity contribution is -0.127. The van der Waals surface area contributed by atoms with Crippen LogP contribution in [-0.4, -0.2) is 61.4 Å². The number of aliphatic imine (C=N–C) groups is 1. The fourth-order valence-corrected chi connectivity index (χ4v) is 2.66. The molecule has 0 spiro atoms. The Morgan fingerprint density at radius 2 is 1.95 bits per heavy atom. The van der Waals surface area contributed by atoms with Gasteiger partial charge in [-0.1, -0.05) is 13.8 Å². The van der Waals surface area contributed by atoms with Crippen LogP contribution in [0.1, 0.15) is 40.5 Å². The van der Waals surface area contributed by atoms with Gasteiger partial charge in [0, 0.05) is 33.2 Å². The minimum atomic E-state index is 0. The smallest absolute Gasteiger partial charge is 0.243 e. The van der Waals surface area contributed by atoms with Crippen LogP contribution in [0.25, 0.3) is 0 Å². The maximum absolute atomic E-state index is 11.7.